The van der Waals surface area contributed by atoms with Gasteiger partial charge in [-0.1, -0.05) is 71.7 Å². The molecule has 0 saturated heterocycles. The van der Waals surface area contributed by atoms with Gasteiger partial charge in [-0.15, -0.1) is 0 Å². The number of aromatic nitrogens is 2. The molecule has 0 bridgehead atoms. The molecule has 0 aliphatic carbocycles. The smallest absolute Gasteiger partial charge is 0.282 e. The summed E-state index contributed by atoms with van der Waals surface area (Å²) >= 11 is 15.6. The normalized spacial score (nSPS) is 11.3. The topological polar surface area (TPSA) is 56.5 Å². The minimum atomic E-state index is -0.239. The second kappa shape index (κ2) is 10.7. The van der Waals surface area contributed by atoms with E-state index in [0.29, 0.717) is 39.1 Å². The van der Waals surface area contributed by atoms with Crippen LogP contribution in [0.15, 0.2) is 105 Å². The molecule has 0 amide bonds. The maximum atomic E-state index is 13.3. The summed E-state index contributed by atoms with van der Waals surface area (Å²) in [5.41, 5.74) is 2.86. The van der Waals surface area contributed by atoms with Gasteiger partial charge in [-0.3, -0.25) is 4.79 Å². The fraction of sp³-hybridized carbons (Fsp3) is 0.0357. The molecule has 5 nitrogen and oxygen atoms in total. The van der Waals surface area contributed by atoms with E-state index in [-0.39, 0.29) is 5.56 Å². The molecular formula is C28H18BrCl2N3O2. The van der Waals surface area contributed by atoms with Gasteiger partial charge in [0.1, 0.15) is 12.4 Å². The van der Waals surface area contributed by atoms with Crippen molar-refractivity contribution in [3.63, 3.8) is 0 Å². The van der Waals surface area contributed by atoms with Gasteiger partial charge in [0.15, 0.2) is 5.82 Å². The number of benzene rings is 4. The minimum absolute atomic E-state index is 0.239. The van der Waals surface area contributed by atoms with Crippen molar-refractivity contribution in [1.82, 2.24) is 9.66 Å². The Labute approximate surface area is 225 Å². The third kappa shape index (κ3) is 5.21. The number of ether oxygens (including phenoxy) is 1. The Hall–Kier alpha value is -3.45. The van der Waals surface area contributed by atoms with Gasteiger partial charge in [0.25, 0.3) is 5.56 Å². The van der Waals surface area contributed by atoms with Gasteiger partial charge < -0.3 is 4.74 Å². The molecule has 5 rings (SSSR count). The van der Waals surface area contributed by atoms with Crippen LogP contribution in [0.3, 0.4) is 0 Å². The van der Waals surface area contributed by atoms with Crippen molar-refractivity contribution in [2.75, 3.05) is 0 Å². The van der Waals surface area contributed by atoms with E-state index in [1.54, 1.807) is 24.4 Å². The molecule has 1 aromatic heterocycles. The summed E-state index contributed by atoms with van der Waals surface area (Å²) in [6, 6.07) is 27.7. The number of nitrogens with zero attached hydrogens (tertiary/aromatic N) is 3. The zero-order valence-electron chi connectivity index (χ0n) is 18.7. The van der Waals surface area contributed by atoms with E-state index < -0.39 is 0 Å². The van der Waals surface area contributed by atoms with Gasteiger partial charge in [-0.05, 0) is 69.5 Å². The van der Waals surface area contributed by atoms with Crippen molar-refractivity contribution in [3.05, 3.63) is 127 Å². The van der Waals surface area contributed by atoms with Crippen molar-refractivity contribution >= 4 is 56.2 Å². The highest BCUT2D eigenvalue weighted by Crippen LogP contribution is 2.28. The lowest BCUT2D eigenvalue weighted by molar-refractivity contribution is 0.304. The van der Waals surface area contributed by atoms with E-state index in [9.17, 15) is 4.79 Å². The van der Waals surface area contributed by atoms with Crippen molar-refractivity contribution in [2.45, 2.75) is 6.61 Å². The molecule has 8 heteroatoms. The zero-order valence-corrected chi connectivity index (χ0v) is 21.8. The maximum absolute atomic E-state index is 13.3. The Morgan fingerprint density at radius 3 is 2.47 bits per heavy atom. The molecule has 1 heterocycles. The third-order valence-corrected chi connectivity index (χ3v) is 6.80. The Morgan fingerprint density at radius 1 is 0.917 bits per heavy atom. The number of hydrogen-bond acceptors (Lipinski definition) is 4. The second-order valence-electron chi connectivity index (χ2n) is 7.91. The van der Waals surface area contributed by atoms with Crippen LogP contribution in [-0.2, 0) is 6.61 Å². The molecule has 0 atom stereocenters. The fourth-order valence-electron chi connectivity index (χ4n) is 3.63. The molecule has 0 aliphatic rings. The van der Waals surface area contributed by atoms with Crippen LogP contribution in [-0.4, -0.2) is 15.9 Å². The molecular weight excluding hydrogens is 561 g/mol. The molecule has 4 aromatic carbocycles. The lowest BCUT2D eigenvalue weighted by Gasteiger charge is -2.10. The Balaban J connectivity index is 1.44. The summed E-state index contributed by atoms with van der Waals surface area (Å²) in [6.07, 6.45) is 1.62. The van der Waals surface area contributed by atoms with E-state index in [4.69, 9.17) is 32.9 Å². The summed E-state index contributed by atoms with van der Waals surface area (Å²) in [5.74, 6) is 1.13. The van der Waals surface area contributed by atoms with E-state index in [0.717, 1.165) is 21.2 Å². The standard InChI is InChI=1S/C28H18BrCl2N3O2/c29-22-14-18(11-13-26(22)36-17-19-10-12-23(30)24(31)15-19)16-32-34-27(20-6-2-1-3-7-20)33-25-9-5-4-8-21(25)28(34)35/h1-16H,17H2. The average molecular weight is 579 g/mol. The highest BCUT2D eigenvalue weighted by Gasteiger charge is 2.12. The van der Waals surface area contributed by atoms with Gasteiger partial charge in [-0.2, -0.15) is 9.78 Å². The van der Waals surface area contributed by atoms with Gasteiger partial charge in [0.2, 0.25) is 0 Å². The molecule has 0 saturated carbocycles. The summed E-state index contributed by atoms with van der Waals surface area (Å²) in [6.45, 7) is 0.335. The first kappa shape index (κ1) is 24.3. The van der Waals surface area contributed by atoms with Gasteiger partial charge in [0, 0.05) is 5.56 Å². The van der Waals surface area contributed by atoms with E-state index >= 15 is 0 Å². The lowest BCUT2D eigenvalue weighted by atomic mass is 10.2. The highest BCUT2D eigenvalue weighted by molar-refractivity contribution is 9.10. The van der Waals surface area contributed by atoms with Crippen molar-refractivity contribution in [3.8, 4) is 17.1 Å². The molecule has 0 fully saturated rings. The molecule has 178 valence electrons. The van der Waals surface area contributed by atoms with Crippen LogP contribution >= 0.6 is 39.1 Å². The van der Waals surface area contributed by atoms with Crippen molar-refractivity contribution in [2.24, 2.45) is 5.10 Å². The van der Waals surface area contributed by atoms with Gasteiger partial charge >= 0.3 is 0 Å². The first-order valence-electron chi connectivity index (χ1n) is 11.0. The molecule has 0 spiro atoms. The summed E-state index contributed by atoms with van der Waals surface area (Å²) < 4.78 is 8.00. The van der Waals surface area contributed by atoms with Crippen LogP contribution in [0, 0.1) is 0 Å². The van der Waals surface area contributed by atoms with Crippen molar-refractivity contribution < 1.29 is 4.74 Å². The number of para-hydroxylation sites is 1. The van der Waals surface area contributed by atoms with Crippen LogP contribution in [0.25, 0.3) is 22.3 Å². The number of hydrogen-bond donors (Lipinski definition) is 0. The van der Waals surface area contributed by atoms with Crippen LogP contribution < -0.4 is 10.3 Å². The fourth-order valence-corrected chi connectivity index (χ4v) is 4.47. The number of fused-ring (bicyclic) bond motifs is 1. The second-order valence-corrected chi connectivity index (χ2v) is 9.58. The summed E-state index contributed by atoms with van der Waals surface area (Å²) in [7, 11) is 0. The lowest BCUT2D eigenvalue weighted by Crippen LogP contribution is -2.20. The quantitative estimate of drug-likeness (QED) is 0.195. The maximum Gasteiger partial charge on any atom is 0.282 e. The predicted octanol–water partition coefficient (Wildman–Crippen LogP) is 7.59. The molecule has 0 aliphatic heterocycles. The van der Waals surface area contributed by atoms with Crippen molar-refractivity contribution in [1.29, 1.82) is 0 Å². The van der Waals surface area contributed by atoms with Crippen LogP contribution in [0.5, 0.6) is 5.75 Å². The summed E-state index contributed by atoms with van der Waals surface area (Å²) in [5, 5.41) is 6.00. The van der Waals surface area contributed by atoms with Gasteiger partial charge in [0.05, 0.1) is 31.6 Å². The number of halogens is 3. The SMILES string of the molecule is O=c1c2ccccc2nc(-c2ccccc2)n1N=Cc1ccc(OCc2ccc(Cl)c(Cl)c2)c(Br)c1. The molecule has 0 N–H and O–H groups in total. The predicted molar refractivity (Wildman–Crippen MR) is 149 cm³/mol. The highest BCUT2D eigenvalue weighted by atomic mass is 79.9. The first-order chi connectivity index (χ1) is 17.5. The monoisotopic (exact) mass is 577 g/mol. The molecule has 0 radical (unpaired) electrons. The summed E-state index contributed by atoms with van der Waals surface area (Å²) in [4.78, 5) is 18.0. The van der Waals surface area contributed by atoms with Crippen LogP contribution in [0.2, 0.25) is 10.0 Å². The van der Waals surface area contributed by atoms with Crippen LogP contribution in [0.4, 0.5) is 0 Å². The van der Waals surface area contributed by atoms with Crippen LogP contribution in [0.1, 0.15) is 11.1 Å². The Kier molecular flexibility index (Phi) is 7.18. The average Bonchev–Trinajstić information content (AvgIpc) is 2.90. The molecule has 0 unspecified atom stereocenters. The number of rotatable bonds is 6. The molecule has 5 aromatic rings. The Morgan fingerprint density at radius 2 is 1.69 bits per heavy atom. The Bertz CT molecular complexity index is 1650. The van der Waals surface area contributed by atoms with Gasteiger partial charge in [-0.25, -0.2) is 4.98 Å². The van der Waals surface area contributed by atoms with E-state index in [1.807, 2.05) is 72.8 Å². The van der Waals surface area contributed by atoms with E-state index in [1.165, 1.54) is 4.68 Å². The molecule has 36 heavy (non-hydrogen) atoms. The third-order valence-electron chi connectivity index (χ3n) is 5.44. The van der Waals surface area contributed by atoms with E-state index in [2.05, 4.69) is 21.0 Å². The first-order valence-corrected chi connectivity index (χ1v) is 12.5. The zero-order chi connectivity index (χ0) is 25.1. The largest absolute Gasteiger partial charge is 0.488 e. The minimum Gasteiger partial charge on any atom is -0.488 e.